The normalized spacial score (nSPS) is 14.7. The van der Waals surface area contributed by atoms with Crippen LogP contribution in [-0.4, -0.2) is 20.9 Å². The van der Waals surface area contributed by atoms with Gasteiger partial charge in [-0.15, -0.1) is 0 Å². The van der Waals surface area contributed by atoms with Gasteiger partial charge in [0.1, 0.15) is 5.56 Å². The quantitative estimate of drug-likeness (QED) is 0.887. The van der Waals surface area contributed by atoms with Gasteiger partial charge in [-0.3, -0.25) is 14.8 Å². The van der Waals surface area contributed by atoms with Crippen molar-refractivity contribution in [2.24, 2.45) is 4.99 Å². The molecule has 3 rings (SSSR count). The molecule has 1 aromatic carbocycles. The van der Waals surface area contributed by atoms with Gasteiger partial charge in [-0.1, -0.05) is 17.7 Å². The molecular formula is C18H17N3O3. The zero-order valence-electron chi connectivity index (χ0n) is 13.6. The Morgan fingerprint density at radius 2 is 1.83 bits per heavy atom. The topological polar surface area (TPSA) is 87.4 Å². The Morgan fingerprint density at radius 3 is 2.42 bits per heavy atom. The maximum Gasteiger partial charge on any atom is 0.335 e. The third kappa shape index (κ3) is 2.62. The summed E-state index contributed by atoms with van der Waals surface area (Å²) in [5, 5.41) is 10.6. The summed E-state index contributed by atoms with van der Waals surface area (Å²) < 4.78 is 1.13. The number of hydrogen-bond acceptors (Lipinski definition) is 4. The molecule has 6 nitrogen and oxygen atoms in total. The van der Waals surface area contributed by atoms with Crippen LogP contribution >= 0.6 is 0 Å². The smallest absolute Gasteiger partial charge is 0.335 e. The Hall–Kier alpha value is -3.15. The summed E-state index contributed by atoms with van der Waals surface area (Å²) in [7, 11) is 0. The first-order chi connectivity index (χ1) is 11.4. The summed E-state index contributed by atoms with van der Waals surface area (Å²) in [6.45, 7) is 5.67. The molecular weight excluding hydrogens is 306 g/mol. The molecule has 0 fully saturated rings. The van der Waals surface area contributed by atoms with Crippen LogP contribution in [0.4, 0.5) is 0 Å². The average molecular weight is 323 g/mol. The number of H-pyrrole nitrogens is 1. The minimum atomic E-state index is -0.680. The van der Waals surface area contributed by atoms with Gasteiger partial charge in [-0.05, 0) is 50.1 Å². The molecule has 0 aliphatic carbocycles. The van der Waals surface area contributed by atoms with E-state index in [-0.39, 0.29) is 5.56 Å². The molecule has 0 unspecified atom stereocenters. The largest absolute Gasteiger partial charge is 0.494 e. The van der Waals surface area contributed by atoms with Crippen molar-refractivity contribution in [2.45, 2.75) is 20.8 Å². The standard InChI is InChI=1S/C18H17N3O3/c1-10-7-11(2)15(12(3)8-10)21-17(23)14(16(22)20-18(21)24)9-13-5-4-6-19-13/h4-9,23H,1-3H3,(H,20,22,24)/b13-9-. The third-order valence-corrected chi connectivity index (χ3v) is 3.85. The van der Waals surface area contributed by atoms with Gasteiger partial charge in [-0.2, -0.15) is 0 Å². The van der Waals surface area contributed by atoms with Crippen molar-refractivity contribution >= 4 is 12.3 Å². The van der Waals surface area contributed by atoms with Gasteiger partial charge < -0.3 is 5.11 Å². The number of nitrogens with one attached hydrogen (secondary N) is 1. The van der Waals surface area contributed by atoms with Gasteiger partial charge >= 0.3 is 5.69 Å². The molecule has 1 aromatic heterocycles. The first-order valence-corrected chi connectivity index (χ1v) is 7.47. The van der Waals surface area contributed by atoms with Crippen LogP contribution in [0, 0.1) is 20.8 Å². The number of benzene rings is 1. The number of aliphatic imine (C=N–C) groups is 1. The van der Waals surface area contributed by atoms with Crippen molar-refractivity contribution in [2.75, 3.05) is 0 Å². The fourth-order valence-corrected chi connectivity index (χ4v) is 2.95. The SMILES string of the molecule is Cc1cc(C)c(-n2c(O)c(/C=C3/C=CC=N3)c(=O)[nH]c2=O)c(C)c1. The monoisotopic (exact) mass is 323 g/mol. The van der Waals surface area contributed by atoms with E-state index in [0.717, 1.165) is 21.3 Å². The summed E-state index contributed by atoms with van der Waals surface area (Å²) in [6, 6.07) is 3.84. The maximum absolute atomic E-state index is 12.3. The number of rotatable bonds is 2. The van der Waals surface area contributed by atoms with Crippen LogP contribution in [0.1, 0.15) is 22.3 Å². The molecule has 0 bridgehead atoms. The lowest BCUT2D eigenvalue weighted by atomic mass is 10.0. The lowest BCUT2D eigenvalue weighted by Gasteiger charge is -2.15. The highest BCUT2D eigenvalue weighted by atomic mass is 16.3. The van der Waals surface area contributed by atoms with E-state index in [1.165, 1.54) is 6.08 Å². The summed E-state index contributed by atoms with van der Waals surface area (Å²) in [6.07, 6.45) is 6.46. The molecule has 2 aromatic rings. The number of allylic oxidation sites excluding steroid dienone is 2. The molecule has 0 saturated carbocycles. The van der Waals surface area contributed by atoms with E-state index in [2.05, 4.69) is 9.98 Å². The predicted octanol–water partition coefficient (Wildman–Crippen LogP) is 2.14. The van der Waals surface area contributed by atoms with Crippen LogP contribution < -0.4 is 11.2 Å². The van der Waals surface area contributed by atoms with E-state index < -0.39 is 17.1 Å². The second-order valence-corrected chi connectivity index (χ2v) is 5.79. The Bertz CT molecular complexity index is 999. The van der Waals surface area contributed by atoms with Crippen LogP contribution in [0.25, 0.3) is 11.8 Å². The molecule has 1 aliphatic heterocycles. The van der Waals surface area contributed by atoms with Crippen molar-refractivity contribution in [3.05, 3.63) is 73.1 Å². The highest BCUT2D eigenvalue weighted by Crippen LogP contribution is 2.25. The second kappa shape index (κ2) is 5.81. The fourth-order valence-electron chi connectivity index (χ4n) is 2.95. The molecule has 0 amide bonds. The minimum absolute atomic E-state index is 0.00678. The molecule has 1 aliphatic rings. The number of aryl methyl sites for hydroxylation is 3. The molecule has 0 radical (unpaired) electrons. The summed E-state index contributed by atoms with van der Waals surface area (Å²) in [5.41, 5.74) is 2.46. The van der Waals surface area contributed by atoms with Gasteiger partial charge in [0.05, 0.1) is 11.4 Å². The lowest BCUT2D eigenvalue weighted by Crippen LogP contribution is -2.31. The van der Waals surface area contributed by atoms with Gasteiger partial charge in [-0.25, -0.2) is 9.36 Å². The van der Waals surface area contributed by atoms with Gasteiger partial charge in [0.2, 0.25) is 5.88 Å². The zero-order valence-corrected chi connectivity index (χ0v) is 13.6. The Kier molecular flexibility index (Phi) is 3.81. The zero-order chi connectivity index (χ0) is 17.4. The Morgan fingerprint density at radius 1 is 1.17 bits per heavy atom. The van der Waals surface area contributed by atoms with Crippen molar-refractivity contribution < 1.29 is 5.11 Å². The summed E-state index contributed by atoms with van der Waals surface area (Å²) >= 11 is 0. The van der Waals surface area contributed by atoms with E-state index in [1.807, 2.05) is 32.9 Å². The highest BCUT2D eigenvalue weighted by Gasteiger charge is 2.17. The van der Waals surface area contributed by atoms with E-state index in [4.69, 9.17) is 0 Å². The number of nitrogens with zero attached hydrogens (tertiary/aromatic N) is 2. The highest BCUT2D eigenvalue weighted by molar-refractivity contribution is 5.79. The van der Waals surface area contributed by atoms with Crippen molar-refractivity contribution in [1.82, 2.24) is 9.55 Å². The molecule has 2 heterocycles. The van der Waals surface area contributed by atoms with Gasteiger partial charge in [0, 0.05) is 6.21 Å². The first kappa shape index (κ1) is 15.7. The first-order valence-electron chi connectivity index (χ1n) is 7.47. The van der Waals surface area contributed by atoms with Crippen LogP contribution in [0.15, 0.2) is 44.6 Å². The second-order valence-electron chi connectivity index (χ2n) is 5.79. The number of aromatic amines is 1. The number of aromatic hydroxyl groups is 1. The van der Waals surface area contributed by atoms with E-state index >= 15 is 0 Å². The number of hydrogen-bond donors (Lipinski definition) is 2. The molecule has 0 saturated heterocycles. The Labute approximate surface area is 138 Å². The van der Waals surface area contributed by atoms with Crippen LogP contribution in [-0.2, 0) is 0 Å². The van der Waals surface area contributed by atoms with Gasteiger partial charge in [0.15, 0.2) is 0 Å². The van der Waals surface area contributed by atoms with Crippen LogP contribution in [0.5, 0.6) is 5.88 Å². The van der Waals surface area contributed by atoms with Crippen LogP contribution in [0.3, 0.4) is 0 Å². The molecule has 122 valence electrons. The molecule has 0 atom stereocenters. The molecule has 2 N–H and O–H groups in total. The predicted molar refractivity (Wildman–Crippen MR) is 94.1 cm³/mol. The average Bonchev–Trinajstić information content (AvgIpc) is 2.99. The number of aromatic nitrogens is 2. The molecule has 0 spiro atoms. The van der Waals surface area contributed by atoms with Crippen molar-refractivity contribution in [1.29, 1.82) is 0 Å². The molecule has 24 heavy (non-hydrogen) atoms. The molecule has 6 heteroatoms. The third-order valence-electron chi connectivity index (χ3n) is 3.85. The van der Waals surface area contributed by atoms with E-state index in [0.29, 0.717) is 11.4 Å². The van der Waals surface area contributed by atoms with Crippen molar-refractivity contribution in [3.8, 4) is 11.6 Å². The maximum atomic E-state index is 12.3. The minimum Gasteiger partial charge on any atom is -0.494 e. The summed E-state index contributed by atoms with van der Waals surface area (Å²) in [5.74, 6) is -0.401. The lowest BCUT2D eigenvalue weighted by molar-refractivity contribution is 0.429. The van der Waals surface area contributed by atoms with Crippen molar-refractivity contribution in [3.63, 3.8) is 0 Å². The summed E-state index contributed by atoms with van der Waals surface area (Å²) in [4.78, 5) is 30.7. The van der Waals surface area contributed by atoms with Crippen LogP contribution in [0.2, 0.25) is 0 Å². The van der Waals surface area contributed by atoms with Gasteiger partial charge in [0.25, 0.3) is 5.56 Å². The fraction of sp³-hybridized carbons (Fsp3) is 0.167. The van der Waals surface area contributed by atoms with E-state index in [1.54, 1.807) is 18.4 Å². The Balaban J connectivity index is 2.33. The van der Waals surface area contributed by atoms with E-state index in [9.17, 15) is 14.7 Å².